The van der Waals surface area contributed by atoms with Crippen LogP contribution >= 0.6 is 39.9 Å². The molecule has 33 heavy (non-hydrogen) atoms. The number of aryl methyl sites for hydroxylation is 1. The third-order valence-electron chi connectivity index (χ3n) is 5.14. The zero-order chi connectivity index (χ0) is 23.4. The summed E-state index contributed by atoms with van der Waals surface area (Å²) in [4.78, 5) is 15.2. The van der Waals surface area contributed by atoms with Gasteiger partial charge < -0.3 is 9.47 Å². The molecule has 0 unspecified atom stereocenters. The van der Waals surface area contributed by atoms with Crippen molar-refractivity contribution in [2.75, 3.05) is 7.11 Å². The average Bonchev–Trinajstić information content (AvgIpc) is 3.07. The van der Waals surface area contributed by atoms with Gasteiger partial charge in [0.05, 0.1) is 23.0 Å². The second-order valence-corrected chi connectivity index (χ2v) is 10.1. The summed E-state index contributed by atoms with van der Waals surface area (Å²) >= 11 is 10.4. The van der Waals surface area contributed by atoms with Crippen molar-refractivity contribution in [1.29, 1.82) is 0 Å². The maximum atomic E-state index is 13.0. The summed E-state index contributed by atoms with van der Waals surface area (Å²) in [5, 5.41) is 0. The second kappa shape index (κ2) is 10.5. The van der Waals surface area contributed by atoms with Crippen LogP contribution in [0.3, 0.4) is 0 Å². The smallest absolute Gasteiger partial charge is 0.266 e. The Kier molecular flexibility index (Phi) is 7.53. The van der Waals surface area contributed by atoms with Gasteiger partial charge in [0.2, 0.25) is 0 Å². The highest BCUT2D eigenvalue weighted by Crippen LogP contribution is 2.35. The molecule has 3 aromatic rings. The van der Waals surface area contributed by atoms with Crippen LogP contribution in [-0.4, -0.2) is 22.2 Å². The predicted octanol–water partition coefficient (Wildman–Crippen LogP) is 6.75. The van der Waals surface area contributed by atoms with Gasteiger partial charge in [-0.1, -0.05) is 72.0 Å². The van der Waals surface area contributed by atoms with Crippen LogP contribution in [0.1, 0.15) is 22.3 Å². The fourth-order valence-electron chi connectivity index (χ4n) is 3.27. The van der Waals surface area contributed by atoms with Crippen molar-refractivity contribution in [3.63, 3.8) is 0 Å². The normalized spacial score (nSPS) is 14.8. The lowest BCUT2D eigenvalue weighted by atomic mass is 10.1. The van der Waals surface area contributed by atoms with E-state index in [-0.39, 0.29) is 5.91 Å². The van der Waals surface area contributed by atoms with Crippen LogP contribution in [0.25, 0.3) is 6.08 Å². The van der Waals surface area contributed by atoms with Crippen molar-refractivity contribution in [1.82, 2.24) is 4.90 Å². The number of benzene rings is 3. The van der Waals surface area contributed by atoms with E-state index < -0.39 is 0 Å². The number of methoxy groups -OCH3 is 1. The van der Waals surface area contributed by atoms with Crippen LogP contribution in [0.5, 0.6) is 11.5 Å². The maximum Gasteiger partial charge on any atom is 0.266 e. The lowest BCUT2D eigenvalue weighted by Crippen LogP contribution is -2.27. The first kappa shape index (κ1) is 23.5. The highest BCUT2D eigenvalue weighted by atomic mass is 79.9. The Morgan fingerprint density at radius 3 is 2.39 bits per heavy atom. The molecule has 0 saturated carbocycles. The molecule has 1 amide bonds. The SMILES string of the molecule is COc1ccc(CN2C(=O)C(=Cc3ccc(OCc4ccc(C)cc4)c(Br)c3)SC2=S)cc1. The third kappa shape index (κ3) is 5.85. The molecule has 0 atom stereocenters. The van der Waals surface area contributed by atoms with Crippen LogP contribution < -0.4 is 9.47 Å². The molecule has 1 heterocycles. The van der Waals surface area contributed by atoms with Gasteiger partial charge in [-0.05, 0) is 69.9 Å². The summed E-state index contributed by atoms with van der Waals surface area (Å²) in [6.45, 7) is 2.98. The number of carbonyl (C=O) groups is 1. The minimum absolute atomic E-state index is 0.0864. The maximum absolute atomic E-state index is 13.0. The molecule has 0 N–H and O–H groups in total. The van der Waals surface area contributed by atoms with Crippen LogP contribution in [-0.2, 0) is 17.9 Å². The van der Waals surface area contributed by atoms with E-state index in [1.54, 1.807) is 12.0 Å². The monoisotopic (exact) mass is 539 g/mol. The fraction of sp³-hybridized carbons (Fsp3) is 0.154. The molecule has 1 fully saturated rings. The Labute approximate surface area is 211 Å². The van der Waals surface area contributed by atoms with Gasteiger partial charge in [-0.2, -0.15) is 0 Å². The molecule has 1 aliphatic rings. The minimum Gasteiger partial charge on any atom is -0.497 e. The molecule has 7 heteroatoms. The van der Waals surface area contributed by atoms with Gasteiger partial charge >= 0.3 is 0 Å². The van der Waals surface area contributed by atoms with Crippen LogP contribution in [0.15, 0.2) is 76.1 Å². The van der Waals surface area contributed by atoms with Gasteiger partial charge in [0.15, 0.2) is 0 Å². The Morgan fingerprint density at radius 1 is 1.03 bits per heavy atom. The highest BCUT2D eigenvalue weighted by Gasteiger charge is 2.32. The van der Waals surface area contributed by atoms with Crippen molar-refractivity contribution >= 4 is 56.2 Å². The van der Waals surface area contributed by atoms with Gasteiger partial charge in [-0.25, -0.2) is 0 Å². The molecule has 0 spiro atoms. The van der Waals surface area contributed by atoms with E-state index in [2.05, 4.69) is 47.1 Å². The third-order valence-corrected chi connectivity index (χ3v) is 7.14. The molecule has 0 aliphatic carbocycles. The fourth-order valence-corrected chi connectivity index (χ4v) is 5.04. The van der Waals surface area contributed by atoms with Gasteiger partial charge in [0.1, 0.15) is 22.4 Å². The summed E-state index contributed by atoms with van der Waals surface area (Å²) in [5.74, 6) is 1.44. The summed E-state index contributed by atoms with van der Waals surface area (Å²) < 4.78 is 12.5. The summed E-state index contributed by atoms with van der Waals surface area (Å²) in [7, 11) is 1.63. The number of halogens is 1. The molecule has 1 saturated heterocycles. The molecule has 4 nitrogen and oxygen atoms in total. The number of hydrogen-bond acceptors (Lipinski definition) is 5. The van der Waals surface area contributed by atoms with E-state index in [0.29, 0.717) is 22.4 Å². The van der Waals surface area contributed by atoms with Crippen LogP contribution in [0, 0.1) is 6.92 Å². The Hall–Kier alpha value is -2.61. The van der Waals surface area contributed by atoms with E-state index >= 15 is 0 Å². The van der Waals surface area contributed by atoms with E-state index in [0.717, 1.165) is 32.7 Å². The largest absolute Gasteiger partial charge is 0.497 e. The van der Waals surface area contributed by atoms with Gasteiger partial charge in [0, 0.05) is 0 Å². The van der Waals surface area contributed by atoms with E-state index in [9.17, 15) is 4.79 Å². The van der Waals surface area contributed by atoms with Crippen molar-refractivity contribution in [3.05, 3.63) is 98.4 Å². The lowest BCUT2D eigenvalue weighted by molar-refractivity contribution is -0.122. The molecule has 0 bridgehead atoms. The Balaban J connectivity index is 1.43. The highest BCUT2D eigenvalue weighted by molar-refractivity contribution is 9.10. The van der Waals surface area contributed by atoms with Crippen molar-refractivity contribution in [2.24, 2.45) is 0 Å². The van der Waals surface area contributed by atoms with E-state index in [4.69, 9.17) is 21.7 Å². The zero-order valence-corrected chi connectivity index (χ0v) is 21.4. The number of thiocarbonyl (C=S) groups is 1. The zero-order valence-electron chi connectivity index (χ0n) is 18.2. The first-order valence-electron chi connectivity index (χ1n) is 10.3. The number of ether oxygens (including phenoxy) is 2. The standard InChI is InChI=1S/C26H22BrNO3S2/c1-17-3-5-19(6-4-17)16-31-23-12-9-20(13-22(23)27)14-24-25(29)28(26(32)33-24)15-18-7-10-21(30-2)11-8-18/h3-14H,15-16H2,1-2H3. The molecule has 1 aliphatic heterocycles. The van der Waals surface area contributed by atoms with Crippen molar-refractivity contribution in [3.8, 4) is 11.5 Å². The molecule has 168 valence electrons. The predicted molar refractivity (Wildman–Crippen MR) is 141 cm³/mol. The molecule has 0 aromatic heterocycles. The topological polar surface area (TPSA) is 38.8 Å². The quantitative estimate of drug-likeness (QED) is 0.245. The Bertz CT molecular complexity index is 1210. The average molecular weight is 541 g/mol. The van der Waals surface area contributed by atoms with Crippen LogP contribution in [0.4, 0.5) is 0 Å². The van der Waals surface area contributed by atoms with Gasteiger partial charge in [-0.15, -0.1) is 0 Å². The molecule has 0 radical (unpaired) electrons. The lowest BCUT2D eigenvalue weighted by Gasteiger charge is -2.14. The Morgan fingerprint density at radius 2 is 1.73 bits per heavy atom. The van der Waals surface area contributed by atoms with Crippen LogP contribution in [0.2, 0.25) is 0 Å². The number of nitrogens with zero attached hydrogens (tertiary/aromatic N) is 1. The van der Waals surface area contributed by atoms with Crippen molar-refractivity contribution < 1.29 is 14.3 Å². The summed E-state index contributed by atoms with van der Waals surface area (Å²) in [6, 6.07) is 21.7. The molecule has 4 rings (SSSR count). The number of rotatable bonds is 7. The number of hydrogen-bond donors (Lipinski definition) is 0. The first-order chi connectivity index (χ1) is 15.9. The van der Waals surface area contributed by atoms with E-state index in [1.165, 1.54) is 17.3 Å². The number of thioether (sulfide) groups is 1. The van der Waals surface area contributed by atoms with Gasteiger partial charge in [-0.3, -0.25) is 9.69 Å². The molecular weight excluding hydrogens is 518 g/mol. The second-order valence-electron chi connectivity index (χ2n) is 7.58. The van der Waals surface area contributed by atoms with Gasteiger partial charge in [0.25, 0.3) is 5.91 Å². The minimum atomic E-state index is -0.0864. The van der Waals surface area contributed by atoms with E-state index in [1.807, 2.05) is 48.5 Å². The van der Waals surface area contributed by atoms with Crippen molar-refractivity contribution in [2.45, 2.75) is 20.1 Å². The first-order valence-corrected chi connectivity index (χ1v) is 12.3. The number of amides is 1. The molecular formula is C26H22BrNO3S2. The number of carbonyl (C=O) groups excluding carboxylic acids is 1. The summed E-state index contributed by atoms with van der Waals surface area (Å²) in [6.07, 6.45) is 1.86. The molecule has 3 aromatic carbocycles. The summed E-state index contributed by atoms with van der Waals surface area (Å²) in [5.41, 5.74) is 4.22.